The lowest BCUT2D eigenvalue weighted by Crippen LogP contribution is -2.51. The van der Waals surface area contributed by atoms with Crippen LogP contribution < -0.4 is 5.32 Å². The van der Waals surface area contributed by atoms with Crippen LogP contribution in [0.3, 0.4) is 0 Å². The largest absolute Gasteiger partial charge is 0.380 e. The number of hydrogen-bond donors (Lipinski definition) is 1. The third kappa shape index (κ3) is 1.92. The number of likely N-dealkylation sites (N-methyl/N-ethyl adjacent to an activating group) is 1. The van der Waals surface area contributed by atoms with Crippen molar-refractivity contribution in [1.29, 1.82) is 0 Å². The molecule has 1 heterocycles. The van der Waals surface area contributed by atoms with Crippen LogP contribution in [-0.2, 0) is 9.47 Å². The highest BCUT2D eigenvalue weighted by Gasteiger charge is 2.29. The van der Waals surface area contributed by atoms with Crippen molar-refractivity contribution in [2.75, 3.05) is 20.8 Å². The summed E-state index contributed by atoms with van der Waals surface area (Å²) in [5.41, 5.74) is 0. The highest BCUT2D eigenvalue weighted by atomic mass is 16.5. The maximum Gasteiger partial charge on any atom is 0.0771 e. The van der Waals surface area contributed by atoms with E-state index < -0.39 is 0 Å². The predicted molar refractivity (Wildman–Crippen MR) is 43.7 cm³/mol. The van der Waals surface area contributed by atoms with Gasteiger partial charge in [-0.3, -0.25) is 0 Å². The molecular weight excluding hydrogens is 142 g/mol. The summed E-state index contributed by atoms with van der Waals surface area (Å²) in [4.78, 5) is 0. The van der Waals surface area contributed by atoms with Gasteiger partial charge < -0.3 is 14.8 Å². The molecule has 1 aliphatic heterocycles. The third-order valence-electron chi connectivity index (χ3n) is 2.33. The van der Waals surface area contributed by atoms with Crippen molar-refractivity contribution >= 4 is 0 Å². The van der Waals surface area contributed by atoms with Crippen LogP contribution in [0.15, 0.2) is 0 Å². The summed E-state index contributed by atoms with van der Waals surface area (Å²) in [6.07, 6.45) is 1.56. The average molecular weight is 159 g/mol. The van der Waals surface area contributed by atoms with Crippen LogP contribution in [0.5, 0.6) is 0 Å². The van der Waals surface area contributed by atoms with Gasteiger partial charge in [-0.25, -0.2) is 0 Å². The molecule has 0 amide bonds. The van der Waals surface area contributed by atoms with E-state index in [1.165, 1.54) is 0 Å². The summed E-state index contributed by atoms with van der Waals surface area (Å²) < 4.78 is 10.8. The van der Waals surface area contributed by atoms with Gasteiger partial charge >= 0.3 is 0 Å². The summed E-state index contributed by atoms with van der Waals surface area (Å²) in [6.45, 7) is 2.89. The van der Waals surface area contributed by atoms with Gasteiger partial charge in [0.15, 0.2) is 0 Å². The van der Waals surface area contributed by atoms with Crippen LogP contribution >= 0.6 is 0 Å². The van der Waals surface area contributed by atoms with E-state index in [0.717, 1.165) is 13.0 Å². The Labute approximate surface area is 68.1 Å². The molecule has 1 saturated heterocycles. The Bertz CT molecular complexity index is 119. The van der Waals surface area contributed by atoms with Crippen molar-refractivity contribution in [3.63, 3.8) is 0 Å². The van der Waals surface area contributed by atoms with Crippen LogP contribution in [-0.4, -0.2) is 39.0 Å². The number of ether oxygens (including phenoxy) is 2. The van der Waals surface area contributed by atoms with Gasteiger partial charge in [0.1, 0.15) is 0 Å². The molecule has 0 aromatic rings. The highest BCUT2D eigenvalue weighted by molar-refractivity contribution is 4.84. The van der Waals surface area contributed by atoms with E-state index in [9.17, 15) is 0 Å². The van der Waals surface area contributed by atoms with Gasteiger partial charge in [-0.1, -0.05) is 0 Å². The summed E-state index contributed by atoms with van der Waals surface area (Å²) in [7, 11) is 3.70. The first-order valence-corrected chi connectivity index (χ1v) is 4.11. The van der Waals surface area contributed by atoms with Crippen molar-refractivity contribution < 1.29 is 9.47 Å². The number of rotatable bonds is 2. The monoisotopic (exact) mass is 159 g/mol. The van der Waals surface area contributed by atoms with Gasteiger partial charge in [0, 0.05) is 13.7 Å². The molecule has 11 heavy (non-hydrogen) atoms. The Hall–Kier alpha value is -0.120. The molecule has 0 radical (unpaired) electrons. The van der Waals surface area contributed by atoms with Crippen LogP contribution in [0, 0.1) is 0 Å². The van der Waals surface area contributed by atoms with Crippen LogP contribution in [0.4, 0.5) is 0 Å². The molecule has 0 aromatic heterocycles. The Kier molecular flexibility index (Phi) is 3.30. The molecule has 3 atom stereocenters. The van der Waals surface area contributed by atoms with Crippen molar-refractivity contribution in [1.82, 2.24) is 5.32 Å². The molecule has 1 fully saturated rings. The zero-order chi connectivity index (χ0) is 8.27. The molecule has 66 valence electrons. The zero-order valence-corrected chi connectivity index (χ0v) is 7.46. The topological polar surface area (TPSA) is 30.5 Å². The van der Waals surface area contributed by atoms with E-state index >= 15 is 0 Å². The fourth-order valence-corrected chi connectivity index (χ4v) is 1.64. The van der Waals surface area contributed by atoms with Gasteiger partial charge in [0.25, 0.3) is 0 Å². The molecule has 0 aliphatic carbocycles. The summed E-state index contributed by atoms with van der Waals surface area (Å²) >= 11 is 0. The molecule has 3 heteroatoms. The predicted octanol–water partition coefficient (Wildman–Crippen LogP) is 0.398. The molecule has 1 rings (SSSR count). The van der Waals surface area contributed by atoms with Crippen molar-refractivity contribution in [3.8, 4) is 0 Å². The minimum atomic E-state index is 0.263. The summed E-state index contributed by atoms with van der Waals surface area (Å²) in [6, 6.07) is 0.341. The molecule has 0 bridgehead atoms. The van der Waals surface area contributed by atoms with Gasteiger partial charge in [0.05, 0.1) is 18.2 Å². The molecule has 0 unspecified atom stereocenters. The van der Waals surface area contributed by atoms with E-state index in [1.807, 2.05) is 7.05 Å². The average Bonchev–Trinajstić information content (AvgIpc) is 2.04. The van der Waals surface area contributed by atoms with Gasteiger partial charge in [-0.05, 0) is 20.4 Å². The van der Waals surface area contributed by atoms with E-state index in [1.54, 1.807) is 7.11 Å². The Morgan fingerprint density at radius 1 is 1.55 bits per heavy atom. The Morgan fingerprint density at radius 3 is 2.73 bits per heavy atom. The van der Waals surface area contributed by atoms with E-state index in [2.05, 4.69) is 12.2 Å². The molecule has 0 saturated carbocycles. The second-order valence-electron chi connectivity index (χ2n) is 2.95. The number of nitrogens with one attached hydrogen (secondary N) is 1. The minimum absolute atomic E-state index is 0.263. The Morgan fingerprint density at radius 2 is 2.27 bits per heavy atom. The van der Waals surface area contributed by atoms with Crippen LogP contribution in [0.2, 0.25) is 0 Å². The first kappa shape index (κ1) is 8.97. The molecule has 3 nitrogen and oxygen atoms in total. The van der Waals surface area contributed by atoms with Crippen molar-refractivity contribution in [2.24, 2.45) is 0 Å². The molecular formula is C8H17NO2. The lowest BCUT2D eigenvalue weighted by atomic mass is 10.0. The zero-order valence-electron chi connectivity index (χ0n) is 7.46. The normalized spacial score (nSPS) is 39.0. The lowest BCUT2D eigenvalue weighted by Gasteiger charge is -2.35. The maximum absolute atomic E-state index is 5.47. The van der Waals surface area contributed by atoms with E-state index in [0.29, 0.717) is 12.1 Å². The SMILES string of the molecule is CN[C@@H]1[C@H](C)OCC[C@@H]1OC. The molecule has 1 N–H and O–H groups in total. The fraction of sp³-hybridized carbons (Fsp3) is 1.00. The second kappa shape index (κ2) is 4.04. The minimum Gasteiger partial charge on any atom is -0.380 e. The smallest absolute Gasteiger partial charge is 0.0771 e. The Balaban J connectivity index is 2.48. The third-order valence-corrected chi connectivity index (χ3v) is 2.33. The molecule has 0 spiro atoms. The highest BCUT2D eigenvalue weighted by Crippen LogP contribution is 2.16. The van der Waals surface area contributed by atoms with Crippen LogP contribution in [0.1, 0.15) is 13.3 Å². The van der Waals surface area contributed by atoms with Crippen molar-refractivity contribution in [2.45, 2.75) is 31.6 Å². The summed E-state index contributed by atoms with van der Waals surface area (Å²) in [5, 5.41) is 3.20. The van der Waals surface area contributed by atoms with Crippen LogP contribution in [0.25, 0.3) is 0 Å². The standard InChI is InChI=1S/C8H17NO2/c1-6-8(9-2)7(10-3)4-5-11-6/h6-9H,4-5H2,1-3H3/t6-,7-,8+/m0/s1. The van der Waals surface area contributed by atoms with E-state index in [-0.39, 0.29) is 6.10 Å². The van der Waals surface area contributed by atoms with Gasteiger partial charge in [-0.2, -0.15) is 0 Å². The molecule has 0 aromatic carbocycles. The van der Waals surface area contributed by atoms with Gasteiger partial charge in [0.2, 0.25) is 0 Å². The quantitative estimate of drug-likeness (QED) is 0.632. The fourth-order valence-electron chi connectivity index (χ4n) is 1.64. The first-order valence-electron chi connectivity index (χ1n) is 4.11. The second-order valence-corrected chi connectivity index (χ2v) is 2.95. The number of methoxy groups -OCH3 is 1. The number of hydrogen-bond acceptors (Lipinski definition) is 3. The summed E-state index contributed by atoms with van der Waals surface area (Å²) in [5.74, 6) is 0. The van der Waals surface area contributed by atoms with Gasteiger partial charge in [-0.15, -0.1) is 0 Å². The molecule has 1 aliphatic rings. The van der Waals surface area contributed by atoms with Crippen molar-refractivity contribution in [3.05, 3.63) is 0 Å². The lowest BCUT2D eigenvalue weighted by molar-refractivity contribution is -0.0752. The van der Waals surface area contributed by atoms with E-state index in [4.69, 9.17) is 9.47 Å². The maximum atomic E-state index is 5.47. The first-order chi connectivity index (χ1) is 5.29.